The maximum Gasteiger partial charge on any atom is 0.446 e. The third-order valence-corrected chi connectivity index (χ3v) is 7.29. The number of hydrogen-bond acceptors (Lipinski definition) is 6. The number of pyridine rings is 1. The van der Waals surface area contributed by atoms with Crippen LogP contribution in [0, 0.1) is 6.92 Å². The molecule has 2 aromatic carbocycles. The molecular formula is C24H21F3N4O4S2. The van der Waals surface area contributed by atoms with E-state index in [4.69, 9.17) is 0 Å². The summed E-state index contributed by atoms with van der Waals surface area (Å²) in [6.45, 7) is 1.51. The van der Waals surface area contributed by atoms with Gasteiger partial charge in [-0.1, -0.05) is 30.3 Å². The van der Waals surface area contributed by atoms with Crippen molar-refractivity contribution in [3.05, 3.63) is 100 Å². The first-order valence-corrected chi connectivity index (χ1v) is 13.3. The van der Waals surface area contributed by atoms with Gasteiger partial charge in [0.05, 0.1) is 23.7 Å². The quantitative estimate of drug-likeness (QED) is 0.310. The van der Waals surface area contributed by atoms with Gasteiger partial charge in [0.1, 0.15) is 5.82 Å². The molecule has 2 N–H and O–H groups in total. The van der Waals surface area contributed by atoms with Crippen molar-refractivity contribution in [3.8, 4) is 11.6 Å². The predicted octanol–water partition coefficient (Wildman–Crippen LogP) is 4.65. The van der Waals surface area contributed by atoms with Crippen molar-refractivity contribution >= 4 is 27.6 Å². The molecule has 0 amide bonds. The summed E-state index contributed by atoms with van der Waals surface area (Å²) < 4.78 is 67.6. The zero-order chi connectivity index (χ0) is 26.8. The third kappa shape index (κ3) is 6.54. The molecule has 194 valence electrons. The van der Waals surface area contributed by atoms with Crippen LogP contribution < -0.4 is 10.4 Å². The largest absolute Gasteiger partial charge is 0.493 e. The number of nitrogens with zero attached hydrogens (tertiary/aromatic N) is 3. The molecule has 0 aliphatic heterocycles. The number of anilines is 1. The number of thioether (sulfide) groups is 1. The Morgan fingerprint density at radius 3 is 2.35 bits per heavy atom. The van der Waals surface area contributed by atoms with E-state index in [-0.39, 0.29) is 52.0 Å². The highest BCUT2D eigenvalue weighted by atomic mass is 32.2. The lowest BCUT2D eigenvalue weighted by Gasteiger charge is -2.09. The Kier molecular flexibility index (Phi) is 7.37. The standard InChI is InChI=1S/C24H21F3N4O4S2/c1-16-22(32)31(19-7-9-20(10-8-19)36-24(25,26)27)23(33)30(16)14-18-11-12-28-21(13-18)29-37(34,35)15-17-5-3-2-4-6-17/h2-13,32H,14-15H2,1H3,(H,28,29). The molecule has 0 aliphatic carbocycles. The first-order valence-electron chi connectivity index (χ1n) is 10.8. The smallest absolute Gasteiger partial charge is 0.446 e. The van der Waals surface area contributed by atoms with Crippen molar-refractivity contribution in [2.24, 2.45) is 0 Å². The van der Waals surface area contributed by atoms with Gasteiger partial charge in [-0.25, -0.2) is 22.8 Å². The molecule has 0 saturated heterocycles. The second-order valence-corrected chi connectivity index (χ2v) is 10.9. The Labute approximate surface area is 214 Å². The maximum atomic E-state index is 13.1. The van der Waals surface area contributed by atoms with Crippen LogP contribution >= 0.6 is 11.8 Å². The van der Waals surface area contributed by atoms with E-state index >= 15 is 0 Å². The highest BCUT2D eigenvalue weighted by Gasteiger charge is 2.29. The van der Waals surface area contributed by atoms with E-state index in [0.717, 1.165) is 4.57 Å². The van der Waals surface area contributed by atoms with E-state index in [0.29, 0.717) is 11.1 Å². The summed E-state index contributed by atoms with van der Waals surface area (Å²) in [5, 5.41) is 10.6. The van der Waals surface area contributed by atoms with Gasteiger partial charge < -0.3 is 5.11 Å². The van der Waals surface area contributed by atoms with E-state index in [9.17, 15) is 31.5 Å². The van der Waals surface area contributed by atoms with Crippen LogP contribution in [0.3, 0.4) is 0 Å². The number of benzene rings is 2. The van der Waals surface area contributed by atoms with Crippen molar-refractivity contribution in [1.29, 1.82) is 0 Å². The fraction of sp³-hybridized carbons (Fsp3) is 0.167. The molecule has 0 spiro atoms. The fourth-order valence-corrected chi connectivity index (χ4v) is 5.33. The fourth-order valence-electron chi connectivity index (χ4n) is 3.65. The average molecular weight is 551 g/mol. The van der Waals surface area contributed by atoms with Crippen LogP contribution in [0.4, 0.5) is 19.0 Å². The van der Waals surface area contributed by atoms with Gasteiger partial charge in [-0.2, -0.15) is 13.2 Å². The summed E-state index contributed by atoms with van der Waals surface area (Å²) in [7, 11) is -3.74. The number of rotatable bonds is 8. The Bertz CT molecular complexity index is 1570. The zero-order valence-electron chi connectivity index (χ0n) is 19.3. The van der Waals surface area contributed by atoms with Crippen LogP contribution in [0.15, 0.2) is 82.6 Å². The predicted molar refractivity (Wildman–Crippen MR) is 134 cm³/mol. The number of aromatic hydroxyl groups is 1. The average Bonchev–Trinajstić information content (AvgIpc) is 3.02. The SMILES string of the molecule is Cc1c(O)n(-c2ccc(SC(F)(F)F)cc2)c(=O)n1Cc1ccnc(NS(=O)(=O)Cc2ccccc2)c1. The van der Waals surface area contributed by atoms with Crippen LogP contribution in [0.2, 0.25) is 0 Å². The molecule has 0 fully saturated rings. The van der Waals surface area contributed by atoms with Crippen LogP contribution in [-0.2, 0) is 22.3 Å². The Morgan fingerprint density at radius 1 is 1.03 bits per heavy atom. The second-order valence-electron chi connectivity index (χ2n) is 8.05. The van der Waals surface area contributed by atoms with Gasteiger partial charge in [-0.3, -0.25) is 9.29 Å². The molecule has 0 atom stereocenters. The maximum absolute atomic E-state index is 13.1. The summed E-state index contributed by atoms with van der Waals surface area (Å²) in [5.41, 5.74) is -3.50. The van der Waals surface area contributed by atoms with Crippen molar-refractivity contribution in [1.82, 2.24) is 14.1 Å². The molecule has 37 heavy (non-hydrogen) atoms. The minimum atomic E-state index is -4.44. The lowest BCUT2D eigenvalue weighted by Crippen LogP contribution is -2.24. The van der Waals surface area contributed by atoms with Gasteiger partial charge in [0.15, 0.2) is 0 Å². The molecule has 4 aromatic rings. The molecule has 0 aliphatic rings. The van der Waals surface area contributed by atoms with Crippen LogP contribution in [-0.4, -0.2) is 33.2 Å². The van der Waals surface area contributed by atoms with E-state index in [1.165, 1.54) is 48.0 Å². The summed E-state index contributed by atoms with van der Waals surface area (Å²) in [6, 6.07) is 16.8. The number of sulfonamides is 1. The number of halogens is 3. The summed E-state index contributed by atoms with van der Waals surface area (Å²) in [4.78, 5) is 17.1. The lowest BCUT2D eigenvalue weighted by atomic mass is 10.2. The summed E-state index contributed by atoms with van der Waals surface area (Å²) >= 11 is -0.281. The van der Waals surface area contributed by atoms with E-state index < -0.39 is 21.2 Å². The molecule has 8 nitrogen and oxygen atoms in total. The molecule has 4 rings (SSSR count). The molecular weight excluding hydrogens is 529 g/mol. The van der Waals surface area contributed by atoms with Crippen molar-refractivity contribution in [2.75, 3.05) is 4.72 Å². The molecule has 0 saturated carbocycles. The van der Waals surface area contributed by atoms with Crippen molar-refractivity contribution in [3.63, 3.8) is 0 Å². The van der Waals surface area contributed by atoms with Crippen molar-refractivity contribution in [2.45, 2.75) is 29.6 Å². The minimum Gasteiger partial charge on any atom is -0.493 e. The van der Waals surface area contributed by atoms with Gasteiger partial charge >= 0.3 is 11.2 Å². The Morgan fingerprint density at radius 2 is 1.70 bits per heavy atom. The summed E-state index contributed by atoms with van der Waals surface area (Å²) in [5.74, 6) is -0.533. The number of aromatic nitrogens is 3. The molecule has 2 heterocycles. The highest BCUT2D eigenvalue weighted by molar-refractivity contribution is 8.00. The minimum absolute atomic E-state index is 0.0107. The van der Waals surface area contributed by atoms with Gasteiger partial charge in [-0.15, -0.1) is 0 Å². The van der Waals surface area contributed by atoms with E-state index in [2.05, 4.69) is 9.71 Å². The Hall–Kier alpha value is -3.71. The molecule has 0 unspecified atom stereocenters. The third-order valence-electron chi connectivity index (χ3n) is 5.32. The Balaban J connectivity index is 1.56. The van der Waals surface area contributed by atoms with Gasteiger partial charge in [0.25, 0.3) is 0 Å². The van der Waals surface area contributed by atoms with Gasteiger partial charge in [0.2, 0.25) is 15.9 Å². The lowest BCUT2D eigenvalue weighted by molar-refractivity contribution is -0.0328. The van der Waals surface area contributed by atoms with Crippen LogP contribution in [0.25, 0.3) is 5.69 Å². The van der Waals surface area contributed by atoms with Crippen LogP contribution in [0.1, 0.15) is 16.8 Å². The second kappa shape index (κ2) is 10.3. The first kappa shape index (κ1) is 26.4. The van der Waals surface area contributed by atoms with E-state index in [1.807, 2.05) is 0 Å². The van der Waals surface area contributed by atoms with Gasteiger partial charge in [-0.05, 0) is 66.2 Å². The summed E-state index contributed by atoms with van der Waals surface area (Å²) in [6.07, 6.45) is 1.39. The van der Waals surface area contributed by atoms with Crippen LogP contribution in [0.5, 0.6) is 5.88 Å². The monoisotopic (exact) mass is 550 g/mol. The highest BCUT2D eigenvalue weighted by Crippen LogP contribution is 2.37. The molecule has 2 aromatic heterocycles. The number of nitrogens with one attached hydrogen (secondary N) is 1. The number of hydrogen-bond donors (Lipinski definition) is 2. The zero-order valence-corrected chi connectivity index (χ0v) is 20.9. The number of alkyl halides is 3. The molecule has 0 radical (unpaired) electrons. The number of imidazole rings is 1. The molecule has 13 heteroatoms. The topological polar surface area (TPSA) is 106 Å². The van der Waals surface area contributed by atoms with Gasteiger partial charge in [0, 0.05) is 11.1 Å². The normalized spacial score (nSPS) is 12.0. The molecule has 0 bridgehead atoms. The van der Waals surface area contributed by atoms with Crippen molar-refractivity contribution < 1.29 is 26.7 Å². The van der Waals surface area contributed by atoms with E-state index in [1.54, 1.807) is 36.4 Å². The first-order chi connectivity index (χ1) is 17.4.